The van der Waals surface area contributed by atoms with Crippen molar-refractivity contribution in [3.63, 3.8) is 0 Å². The van der Waals surface area contributed by atoms with Crippen LogP contribution in [0.2, 0.25) is 0 Å². The normalized spacial score (nSPS) is 10.5. The Kier molecular flexibility index (Phi) is 6.73. The van der Waals surface area contributed by atoms with Gasteiger partial charge in [-0.25, -0.2) is 4.98 Å². The van der Waals surface area contributed by atoms with Crippen LogP contribution in [0.3, 0.4) is 0 Å². The average molecular weight is 281 g/mol. The van der Waals surface area contributed by atoms with Crippen LogP contribution in [0.4, 0.5) is 5.82 Å². The number of rotatable bonds is 8. The first-order chi connectivity index (χ1) is 9.06. The fourth-order valence-corrected chi connectivity index (χ4v) is 2.12. The van der Waals surface area contributed by atoms with Crippen molar-refractivity contribution in [2.75, 3.05) is 25.1 Å². The van der Waals surface area contributed by atoms with Crippen LogP contribution in [0.15, 0.2) is 6.07 Å². The van der Waals surface area contributed by atoms with Crippen LogP contribution in [0.5, 0.6) is 0 Å². The van der Waals surface area contributed by atoms with E-state index in [1.807, 2.05) is 19.9 Å². The van der Waals surface area contributed by atoms with Gasteiger partial charge in [-0.2, -0.15) is 0 Å². The molecule has 1 rings (SSSR count). The van der Waals surface area contributed by atoms with E-state index >= 15 is 0 Å². The van der Waals surface area contributed by atoms with Crippen molar-refractivity contribution in [1.29, 1.82) is 0 Å². The number of aryl methyl sites for hydroxylation is 2. The largest absolute Gasteiger partial charge is 0.389 e. The Labute approximate surface area is 120 Å². The zero-order valence-corrected chi connectivity index (χ0v) is 12.8. The van der Waals surface area contributed by atoms with E-state index in [0.29, 0.717) is 18.1 Å². The van der Waals surface area contributed by atoms with Gasteiger partial charge < -0.3 is 15.8 Å². The molecule has 4 nitrogen and oxygen atoms in total. The van der Waals surface area contributed by atoms with Crippen molar-refractivity contribution in [1.82, 2.24) is 4.98 Å². The van der Waals surface area contributed by atoms with Gasteiger partial charge in [-0.05, 0) is 31.9 Å². The Hall–Kier alpha value is -1.20. The van der Waals surface area contributed by atoms with E-state index in [2.05, 4.69) is 17.2 Å². The maximum Gasteiger partial charge on any atom is 0.136 e. The Morgan fingerprint density at radius 3 is 2.79 bits per heavy atom. The second-order valence-electron chi connectivity index (χ2n) is 4.56. The molecule has 5 heteroatoms. The predicted octanol–water partition coefficient (Wildman–Crippen LogP) is 2.56. The van der Waals surface area contributed by atoms with Crippen LogP contribution in [-0.4, -0.2) is 29.7 Å². The highest BCUT2D eigenvalue weighted by Gasteiger charge is 2.10. The van der Waals surface area contributed by atoms with Crippen molar-refractivity contribution in [2.45, 2.75) is 33.6 Å². The summed E-state index contributed by atoms with van der Waals surface area (Å²) in [4.78, 5) is 4.83. The molecule has 0 bridgehead atoms. The Balaban J connectivity index is 2.59. The minimum Gasteiger partial charge on any atom is -0.389 e. The lowest BCUT2D eigenvalue weighted by atomic mass is 10.1. The molecule has 0 fully saturated rings. The Morgan fingerprint density at radius 2 is 2.16 bits per heavy atom. The van der Waals surface area contributed by atoms with Gasteiger partial charge in [0.2, 0.25) is 0 Å². The molecular weight excluding hydrogens is 258 g/mol. The summed E-state index contributed by atoms with van der Waals surface area (Å²) < 4.78 is 5.50. The maximum atomic E-state index is 5.76. The van der Waals surface area contributed by atoms with E-state index < -0.39 is 0 Å². The van der Waals surface area contributed by atoms with Crippen molar-refractivity contribution < 1.29 is 4.74 Å². The third-order valence-electron chi connectivity index (χ3n) is 2.77. The number of hydrogen-bond donors (Lipinski definition) is 2. The molecule has 0 unspecified atom stereocenters. The summed E-state index contributed by atoms with van der Waals surface area (Å²) in [7, 11) is 0. The number of thiocarbonyl (C=S) groups is 1. The number of ether oxygens (including phenoxy) is 1. The number of pyridine rings is 1. The first kappa shape index (κ1) is 15.9. The highest BCUT2D eigenvalue weighted by atomic mass is 32.1. The molecule has 1 heterocycles. The van der Waals surface area contributed by atoms with E-state index in [-0.39, 0.29) is 0 Å². The molecule has 0 aromatic carbocycles. The van der Waals surface area contributed by atoms with Crippen LogP contribution in [0, 0.1) is 13.8 Å². The van der Waals surface area contributed by atoms with Gasteiger partial charge in [0.15, 0.2) is 0 Å². The molecule has 0 atom stereocenters. The van der Waals surface area contributed by atoms with Gasteiger partial charge >= 0.3 is 0 Å². The molecule has 1 aromatic rings. The first-order valence-corrected chi connectivity index (χ1v) is 7.06. The summed E-state index contributed by atoms with van der Waals surface area (Å²) in [6.07, 6.45) is 2.25. The van der Waals surface area contributed by atoms with Crippen LogP contribution in [0.25, 0.3) is 0 Å². The van der Waals surface area contributed by atoms with Gasteiger partial charge in [-0.15, -0.1) is 0 Å². The lowest BCUT2D eigenvalue weighted by molar-refractivity contribution is 0.141. The minimum absolute atomic E-state index is 0.374. The van der Waals surface area contributed by atoms with Gasteiger partial charge in [-0.1, -0.05) is 25.6 Å². The molecule has 3 N–H and O–H groups in total. The Bertz CT molecular complexity index is 435. The third kappa shape index (κ3) is 5.12. The van der Waals surface area contributed by atoms with E-state index in [4.69, 9.17) is 22.7 Å². The van der Waals surface area contributed by atoms with Gasteiger partial charge in [0.1, 0.15) is 10.8 Å². The fourth-order valence-electron chi connectivity index (χ4n) is 1.87. The van der Waals surface area contributed by atoms with Gasteiger partial charge in [-0.3, -0.25) is 0 Å². The summed E-state index contributed by atoms with van der Waals surface area (Å²) in [6.45, 7) is 8.27. The zero-order chi connectivity index (χ0) is 14.3. The second-order valence-corrected chi connectivity index (χ2v) is 5.00. The van der Waals surface area contributed by atoms with Gasteiger partial charge in [0, 0.05) is 18.8 Å². The average Bonchev–Trinajstić information content (AvgIpc) is 2.32. The zero-order valence-electron chi connectivity index (χ0n) is 12.0. The minimum atomic E-state index is 0.374. The molecule has 0 saturated carbocycles. The quantitative estimate of drug-likeness (QED) is 0.566. The monoisotopic (exact) mass is 281 g/mol. The SMILES string of the molecule is CCCCOCCNc1nc(C)cc(C)c1C(N)=S. The van der Waals surface area contributed by atoms with Crippen molar-refractivity contribution >= 4 is 23.0 Å². The van der Waals surface area contributed by atoms with Crippen LogP contribution in [0.1, 0.15) is 36.6 Å². The van der Waals surface area contributed by atoms with E-state index in [0.717, 1.165) is 42.1 Å². The molecule has 0 spiro atoms. The predicted molar refractivity (Wildman–Crippen MR) is 83.8 cm³/mol. The summed E-state index contributed by atoms with van der Waals surface area (Å²) in [5, 5.41) is 3.25. The third-order valence-corrected chi connectivity index (χ3v) is 2.98. The molecule has 0 aliphatic carbocycles. The highest BCUT2D eigenvalue weighted by molar-refractivity contribution is 7.80. The second kappa shape index (κ2) is 8.07. The smallest absolute Gasteiger partial charge is 0.136 e. The lowest BCUT2D eigenvalue weighted by Crippen LogP contribution is -2.19. The molecule has 19 heavy (non-hydrogen) atoms. The number of nitrogens with zero attached hydrogens (tertiary/aromatic N) is 1. The summed E-state index contributed by atoms with van der Waals surface area (Å²) in [6, 6.07) is 1.98. The van der Waals surface area contributed by atoms with E-state index in [9.17, 15) is 0 Å². The van der Waals surface area contributed by atoms with Crippen LogP contribution < -0.4 is 11.1 Å². The molecule has 1 aromatic heterocycles. The molecule has 0 radical (unpaired) electrons. The Morgan fingerprint density at radius 1 is 1.42 bits per heavy atom. The highest BCUT2D eigenvalue weighted by Crippen LogP contribution is 2.18. The number of nitrogens with two attached hydrogens (primary N) is 1. The molecular formula is C14H23N3OS. The van der Waals surface area contributed by atoms with Gasteiger partial charge in [0.25, 0.3) is 0 Å². The molecule has 0 saturated heterocycles. The van der Waals surface area contributed by atoms with Crippen LogP contribution in [-0.2, 0) is 4.74 Å². The topological polar surface area (TPSA) is 60.2 Å². The molecule has 106 valence electrons. The number of unbranched alkanes of at least 4 members (excludes halogenated alkanes) is 1. The van der Waals surface area contributed by atoms with Crippen molar-refractivity contribution in [3.8, 4) is 0 Å². The van der Waals surface area contributed by atoms with E-state index in [1.54, 1.807) is 0 Å². The summed E-state index contributed by atoms with van der Waals surface area (Å²) in [5.41, 5.74) is 8.58. The van der Waals surface area contributed by atoms with Crippen molar-refractivity contribution in [3.05, 3.63) is 22.9 Å². The van der Waals surface area contributed by atoms with Gasteiger partial charge in [0.05, 0.1) is 12.2 Å². The number of hydrogen-bond acceptors (Lipinski definition) is 4. The fraction of sp³-hybridized carbons (Fsp3) is 0.571. The standard InChI is InChI=1S/C14H23N3OS/c1-4-5-7-18-8-6-16-14-12(13(15)19)10(2)9-11(3)17-14/h9H,4-8H2,1-3H3,(H2,15,19)(H,16,17). The van der Waals surface area contributed by atoms with Crippen LogP contribution >= 0.6 is 12.2 Å². The van der Waals surface area contributed by atoms with Crippen molar-refractivity contribution in [2.24, 2.45) is 5.73 Å². The molecule has 0 amide bonds. The number of aromatic nitrogens is 1. The maximum absolute atomic E-state index is 5.76. The molecule has 0 aliphatic rings. The number of anilines is 1. The number of nitrogens with one attached hydrogen (secondary N) is 1. The summed E-state index contributed by atoms with van der Waals surface area (Å²) >= 11 is 5.08. The first-order valence-electron chi connectivity index (χ1n) is 6.66. The lowest BCUT2D eigenvalue weighted by Gasteiger charge is -2.13. The molecule has 0 aliphatic heterocycles. The van der Waals surface area contributed by atoms with E-state index in [1.165, 1.54) is 0 Å². The summed E-state index contributed by atoms with van der Waals surface area (Å²) in [5.74, 6) is 0.754.